The summed E-state index contributed by atoms with van der Waals surface area (Å²) in [6.07, 6.45) is 23.5. The molecule has 0 aromatic heterocycles. The van der Waals surface area contributed by atoms with Crippen LogP contribution in [0.1, 0.15) is 132 Å². The van der Waals surface area contributed by atoms with Crippen molar-refractivity contribution in [1.29, 1.82) is 0 Å². The van der Waals surface area contributed by atoms with E-state index < -0.39 is 0 Å². The number of alkyl halides is 1. The normalized spacial score (nSPS) is 45.8. The van der Waals surface area contributed by atoms with E-state index >= 15 is 0 Å². The molecule has 6 aliphatic rings. The fraction of sp³-hybridized carbons (Fsp3) is 0.838. The Kier molecular flexibility index (Phi) is 9.37. The molecule has 4 fully saturated rings. The van der Waals surface area contributed by atoms with Gasteiger partial charge < -0.3 is 5.73 Å². The second-order valence-corrected chi connectivity index (χ2v) is 15.2. The Labute approximate surface area is 241 Å². The minimum Gasteiger partial charge on any atom is -0.325 e. The minimum atomic E-state index is -0.151. The molecule has 0 aliphatic heterocycles. The van der Waals surface area contributed by atoms with Crippen LogP contribution in [-0.4, -0.2) is 12.2 Å². The molecule has 0 heterocycles. The third-order valence-corrected chi connectivity index (χ3v) is 13.3. The molecule has 222 valence electrons. The van der Waals surface area contributed by atoms with E-state index in [-0.39, 0.29) is 23.5 Å². The van der Waals surface area contributed by atoms with Gasteiger partial charge in [-0.2, -0.15) is 0 Å². The summed E-state index contributed by atoms with van der Waals surface area (Å²) in [4.78, 5) is 0. The first kappa shape index (κ1) is 31.1. The Balaban J connectivity index is 0.000000662. The van der Waals surface area contributed by atoms with Crippen molar-refractivity contribution >= 4 is 0 Å². The van der Waals surface area contributed by atoms with Gasteiger partial charge in [0.05, 0.1) is 6.67 Å². The lowest BCUT2D eigenvalue weighted by atomic mass is 9.38. The van der Waals surface area contributed by atoms with E-state index in [2.05, 4.69) is 46.4 Å². The van der Waals surface area contributed by atoms with E-state index in [9.17, 15) is 4.39 Å². The highest BCUT2D eigenvalue weighted by molar-refractivity contribution is 5.40. The number of nitrogens with two attached hydrogens (primary N) is 1. The van der Waals surface area contributed by atoms with Crippen molar-refractivity contribution in [1.82, 2.24) is 0 Å². The maximum absolute atomic E-state index is 13.2. The van der Waals surface area contributed by atoms with E-state index in [1.54, 1.807) is 17.2 Å². The Bertz CT molecular complexity index is 930. The van der Waals surface area contributed by atoms with Crippen LogP contribution in [0.4, 0.5) is 4.39 Å². The van der Waals surface area contributed by atoms with Gasteiger partial charge in [0.2, 0.25) is 0 Å². The average molecular weight is 540 g/mol. The highest BCUT2D eigenvalue weighted by atomic mass is 19.1. The minimum absolute atomic E-state index is 0.151. The predicted molar refractivity (Wildman–Crippen MR) is 167 cm³/mol. The molecule has 0 spiro atoms. The number of rotatable bonds is 2. The summed E-state index contributed by atoms with van der Waals surface area (Å²) in [5.74, 6) is 4.45. The van der Waals surface area contributed by atoms with Gasteiger partial charge in [-0.25, -0.2) is 0 Å². The highest BCUT2D eigenvalue weighted by Gasteiger charge is 2.64. The second-order valence-electron chi connectivity index (χ2n) is 15.2. The fourth-order valence-electron chi connectivity index (χ4n) is 11.5. The zero-order valence-electron chi connectivity index (χ0n) is 26.8. The molecule has 0 amide bonds. The molecule has 39 heavy (non-hydrogen) atoms. The smallest absolute Gasteiger partial charge is 0.0925 e. The quantitative estimate of drug-likeness (QED) is 0.347. The van der Waals surface area contributed by atoms with Crippen molar-refractivity contribution in [3.63, 3.8) is 0 Å². The monoisotopic (exact) mass is 539 g/mol. The number of fused-ring (bicyclic) bond motifs is 7. The molecule has 6 aliphatic carbocycles. The third kappa shape index (κ3) is 5.06. The summed E-state index contributed by atoms with van der Waals surface area (Å²) < 4.78 is 13.2. The lowest BCUT2D eigenvalue weighted by molar-refractivity contribution is -0.164. The SMILES string of the molecule is C=CC.CC.CC1(C)C(C2=CCC(CF)CC2)=CCC2(C)C3CCC4C5CCCC5(N)CC[C@@]4(C)C3CCC12. The molecular formula is C37H62FN. The van der Waals surface area contributed by atoms with Gasteiger partial charge in [0.15, 0.2) is 0 Å². The van der Waals surface area contributed by atoms with Crippen LogP contribution >= 0.6 is 0 Å². The van der Waals surface area contributed by atoms with Gasteiger partial charge in [0.1, 0.15) is 0 Å². The van der Waals surface area contributed by atoms with Crippen LogP contribution in [0.25, 0.3) is 0 Å². The lowest BCUT2D eigenvalue weighted by Gasteiger charge is -2.67. The van der Waals surface area contributed by atoms with E-state index in [0.29, 0.717) is 10.8 Å². The number of hydrogen-bond donors (Lipinski definition) is 1. The van der Waals surface area contributed by atoms with Crippen LogP contribution in [0.3, 0.4) is 0 Å². The van der Waals surface area contributed by atoms with Crippen LogP contribution < -0.4 is 5.73 Å². The zero-order chi connectivity index (χ0) is 28.6. The molecule has 4 saturated carbocycles. The Morgan fingerprint density at radius 2 is 1.49 bits per heavy atom. The van der Waals surface area contributed by atoms with Gasteiger partial charge in [0.25, 0.3) is 0 Å². The molecule has 0 saturated heterocycles. The Morgan fingerprint density at radius 1 is 0.872 bits per heavy atom. The Hall–Kier alpha value is -0.890. The summed E-state index contributed by atoms with van der Waals surface area (Å²) in [5.41, 5.74) is 11.5. The van der Waals surface area contributed by atoms with E-state index in [4.69, 9.17) is 5.73 Å². The van der Waals surface area contributed by atoms with E-state index in [1.165, 1.54) is 64.2 Å². The molecule has 2 N–H and O–H groups in total. The molecule has 8 unspecified atom stereocenters. The first-order valence-electron chi connectivity index (χ1n) is 16.9. The van der Waals surface area contributed by atoms with E-state index in [0.717, 1.165) is 48.9 Å². The van der Waals surface area contributed by atoms with Crippen LogP contribution in [-0.2, 0) is 0 Å². The predicted octanol–water partition coefficient (Wildman–Crippen LogP) is 10.6. The number of allylic oxidation sites excluding steroid dienone is 5. The van der Waals surface area contributed by atoms with Crippen LogP contribution in [0.15, 0.2) is 36.0 Å². The molecule has 0 aromatic rings. The van der Waals surface area contributed by atoms with Crippen molar-refractivity contribution in [3.8, 4) is 0 Å². The van der Waals surface area contributed by atoms with Gasteiger partial charge in [-0.05, 0) is 147 Å². The average Bonchev–Trinajstić information content (AvgIpc) is 3.32. The molecule has 0 radical (unpaired) electrons. The van der Waals surface area contributed by atoms with Gasteiger partial charge >= 0.3 is 0 Å². The van der Waals surface area contributed by atoms with Crippen molar-refractivity contribution in [2.45, 2.75) is 137 Å². The number of hydrogen-bond acceptors (Lipinski definition) is 1. The van der Waals surface area contributed by atoms with Crippen LogP contribution in [0.2, 0.25) is 0 Å². The highest BCUT2D eigenvalue weighted by Crippen LogP contribution is 2.71. The molecular weight excluding hydrogens is 477 g/mol. The van der Waals surface area contributed by atoms with Crippen molar-refractivity contribution in [2.75, 3.05) is 6.67 Å². The summed E-state index contributed by atoms with van der Waals surface area (Å²) in [6.45, 7) is 19.6. The maximum atomic E-state index is 13.2. The second kappa shape index (κ2) is 11.8. The summed E-state index contributed by atoms with van der Waals surface area (Å²) >= 11 is 0. The standard InChI is InChI=1S/C32H50FN.C3H6.C2H6/c1-29(2)23(22-9-7-21(20-33)8-10-22)15-17-31(4)25-11-12-26-27-6-5-16-32(27,34)19-18-30(26,3)24(25)13-14-28(29)31;1-3-2;1-2/h9,15,21,24-28H,5-8,10-14,16-20,34H2,1-4H3;3H,1H2,2H3;1-2H3/t21?,24?,25?,26?,27?,28?,30-,31?,32?;;/m0../s1. The van der Waals surface area contributed by atoms with Gasteiger partial charge in [-0.15, -0.1) is 6.58 Å². The number of halogens is 1. The zero-order valence-corrected chi connectivity index (χ0v) is 26.8. The van der Waals surface area contributed by atoms with Crippen molar-refractivity contribution in [2.24, 2.45) is 57.5 Å². The topological polar surface area (TPSA) is 26.0 Å². The summed E-state index contributed by atoms with van der Waals surface area (Å²) in [6, 6.07) is 0. The Morgan fingerprint density at radius 3 is 2.10 bits per heavy atom. The summed E-state index contributed by atoms with van der Waals surface area (Å²) in [7, 11) is 0. The van der Waals surface area contributed by atoms with Crippen molar-refractivity contribution in [3.05, 3.63) is 36.0 Å². The third-order valence-electron chi connectivity index (χ3n) is 13.3. The first-order chi connectivity index (χ1) is 18.5. The lowest BCUT2D eigenvalue weighted by Crippen LogP contribution is -2.62. The molecule has 0 bridgehead atoms. The summed E-state index contributed by atoms with van der Waals surface area (Å²) in [5, 5.41) is 0. The first-order valence-corrected chi connectivity index (χ1v) is 16.9. The van der Waals surface area contributed by atoms with Gasteiger partial charge in [-0.1, -0.05) is 66.2 Å². The molecule has 2 heteroatoms. The molecule has 6 rings (SSSR count). The molecule has 0 aromatic carbocycles. The van der Waals surface area contributed by atoms with Crippen LogP contribution in [0.5, 0.6) is 0 Å². The van der Waals surface area contributed by atoms with Crippen molar-refractivity contribution < 1.29 is 4.39 Å². The van der Waals surface area contributed by atoms with Gasteiger partial charge in [0, 0.05) is 5.54 Å². The van der Waals surface area contributed by atoms with Gasteiger partial charge in [-0.3, -0.25) is 4.39 Å². The molecule has 1 nitrogen and oxygen atoms in total. The fourth-order valence-corrected chi connectivity index (χ4v) is 11.5. The largest absolute Gasteiger partial charge is 0.325 e. The van der Waals surface area contributed by atoms with Crippen LogP contribution in [0, 0.1) is 51.8 Å². The van der Waals surface area contributed by atoms with E-state index in [1.807, 2.05) is 20.8 Å². The molecule has 9 atom stereocenters. The maximum Gasteiger partial charge on any atom is 0.0925 e.